The Labute approximate surface area is 158 Å². The molecule has 1 atom stereocenters. The molecule has 2 aromatic rings. The van der Waals surface area contributed by atoms with Gasteiger partial charge < -0.3 is 25.8 Å². The van der Waals surface area contributed by atoms with Gasteiger partial charge in [-0.05, 0) is 48.4 Å². The van der Waals surface area contributed by atoms with Crippen molar-refractivity contribution in [3.05, 3.63) is 59.7 Å². The fourth-order valence-corrected chi connectivity index (χ4v) is 2.44. The molecule has 0 bridgehead atoms. The van der Waals surface area contributed by atoms with Crippen LogP contribution in [0.1, 0.15) is 24.1 Å². The van der Waals surface area contributed by atoms with Crippen molar-refractivity contribution < 1.29 is 19.1 Å². The van der Waals surface area contributed by atoms with Gasteiger partial charge in [-0.15, -0.1) is 0 Å². The number of ether oxygens (including phenoxy) is 2. The first-order valence-electron chi connectivity index (χ1n) is 8.29. The molecule has 0 aliphatic rings. The quantitative estimate of drug-likeness (QED) is 0.653. The van der Waals surface area contributed by atoms with Gasteiger partial charge in [0.25, 0.3) is 0 Å². The number of primary amides is 1. The summed E-state index contributed by atoms with van der Waals surface area (Å²) in [6.07, 6.45) is 3.14. The molecule has 2 rings (SSSR count). The molecule has 0 radical (unpaired) electrons. The molecule has 2 aromatic carbocycles. The highest BCUT2D eigenvalue weighted by Crippen LogP contribution is 2.23. The molecular formula is C20H23N3O4. The number of benzene rings is 2. The lowest BCUT2D eigenvalue weighted by Gasteiger charge is -2.13. The second-order valence-electron chi connectivity index (χ2n) is 5.82. The van der Waals surface area contributed by atoms with Crippen molar-refractivity contribution in [3.63, 3.8) is 0 Å². The minimum Gasteiger partial charge on any atom is -0.497 e. The minimum absolute atomic E-state index is 0.204. The smallest absolute Gasteiger partial charge is 0.316 e. The Morgan fingerprint density at radius 3 is 2.15 bits per heavy atom. The van der Waals surface area contributed by atoms with Gasteiger partial charge >= 0.3 is 6.03 Å². The molecule has 0 saturated heterocycles. The maximum atomic E-state index is 12.2. The molecule has 7 heteroatoms. The van der Waals surface area contributed by atoms with E-state index < -0.39 is 6.03 Å². The third-order valence-corrected chi connectivity index (χ3v) is 3.84. The van der Waals surface area contributed by atoms with Crippen LogP contribution in [0.25, 0.3) is 6.08 Å². The number of amides is 3. The zero-order valence-electron chi connectivity index (χ0n) is 15.5. The summed E-state index contributed by atoms with van der Waals surface area (Å²) in [6, 6.07) is 11.6. The van der Waals surface area contributed by atoms with Gasteiger partial charge in [-0.2, -0.15) is 0 Å². The van der Waals surface area contributed by atoms with E-state index in [0.29, 0.717) is 17.2 Å². The molecule has 0 aromatic heterocycles. The van der Waals surface area contributed by atoms with Gasteiger partial charge in [0.2, 0.25) is 5.91 Å². The maximum Gasteiger partial charge on any atom is 0.316 e. The van der Waals surface area contributed by atoms with Gasteiger partial charge in [-0.25, -0.2) is 4.79 Å². The number of rotatable bonds is 7. The van der Waals surface area contributed by atoms with Crippen LogP contribution >= 0.6 is 0 Å². The molecular weight excluding hydrogens is 346 g/mol. The van der Waals surface area contributed by atoms with Gasteiger partial charge in [0, 0.05) is 17.8 Å². The van der Waals surface area contributed by atoms with Crippen LogP contribution in [0.15, 0.2) is 48.5 Å². The summed E-state index contributed by atoms with van der Waals surface area (Å²) < 4.78 is 10.4. The Balaban J connectivity index is 2.00. The molecule has 4 N–H and O–H groups in total. The molecule has 0 aliphatic carbocycles. The van der Waals surface area contributed by atoms with Crippen LogP contribution < -0.4 is 25.8 Å². The van der Waals surface area contributed by atoms with E-state index in [1.807, 2.05) is 19.1 Å². The van der Waals surface area contributed by atoms with Gasteiger partial charge in [-0.1, -0.05) is 12.1 Å². The molecule has 3 amide bonds. The van der Waals surface area contributed by atoms with Crippen LogP contribution in [-0.2, 0) is 4.79 Å². The lowest BCUT2D eigenvalue weighted by molar-refractivity contribution is -0.117. The summed E-state index contributed by atoms with van der Waals surface area (Å²) in [7, 11) is 3.14. The fraction of sp³-hybridized carbons (Fsp3) is 0.200. The zero-order valence-corrected chi connectivity index (χ0v) is 15.5. The number of hydrogen-bond donors (Lipinski definition) is 3. The van der Waals surface area contributed by atoms with Crippen molar-refractivity contribution in [2.45, 2.75) is 13.0 Å². The summed E-state index contributed by atoms with van der Waals surface area (Å²) in [5, 5.41) is 5.37. The van der Waals surface area contributed by atoms with Crippen LogP contribution in [0.3, 0.4) is 0 Å². The summed E-state index contributed by atoms with van der Waals surface area (Å²) in [5.74, 6) is 1.06. The number of methoxy groups -OCH3 is 2. The van der Waals surface area contributed by atoms with Crippen LogP contribution in [0.4, 0.5) is 10.5 Å². The monoisotopic (exact) mass is 369 g/mol. The molecule has 0 aliphatic heterocycles. The van der Waals surface area contributed by atoms with Crippen molar-refractivity contribution in [3.8, 4) is 11.5 Å². The van der Waals surface area contributed by atoms with Gasteiger partial charge in [0.05, 0.1) is 20.3 Å². The first kappa shape index (κ1) is 19.8. The second-order valence-corrected chi connectivity index (χ2v) is 5.82. The Hall–Kier alpha value is -3.48. The Morgan fingerprint density at radius 1 is 1.04 bits per heavy atom. The molecule has 7 nitrogen and oxygen atoms in total. The second kappa shape index (κ2) is 9.28. The normalized spacial score (nSPS) is 11.7. The first-order chi connectivity index (χ1) is 12.9. The number of anilines is 1. The van der Waals surface area contributed by atoms with Gasteiger partial charge in [0.1, 0.15) is 11.5 Å². The van der Waals surface area contributed by atoms with Crippen LogP contribution in [-0.4, -0.2) is 26.2 Å². The average molecular weight is 369 g/mol. The number of urea groups is 1. The summed E-state index contributed by atoms with van der Waals surface area (Å²) in [4.78, 5) is 23.0. The largest absolute Gasteiger partial charge is 0.497 e. The lowest BCUT2D eigenvalue weighted by atomic mass is 10.1. The van der Waals surface area contributed by atoms with E-state index in [0.717, 1.165) is 11.1 Å². The number of carbonyl (C=O) groups excluding carboxylic acids is 2. The van der Waals surface area contributed by atoms with Crippen LogP contribution in [0.2, 0.25) is 0 Å². The van der Waals surface area contributed by atoms with Gasteiger partial charge in [-0.3, -0.25) is 4.79 Å². The molecule has 0 fully saturated rings. The van der Waals surface area contributed by atoms with Crippen LogP contribution in [0, 0.1) is 0 Å². The number of hydrogen-bond acceptors (Lipinski definition) is 4. The van der Waals surface area contributed by atoms with Crippen LogP contribution in [0.5, 0.6) is 11.5 Å². The maximum absolute atomic E-state index is 12.2. The standard InChI is InChI=1S/C20H23N3O4/c1-13(15-5-7-16(8-6-15)23-20(21)25)22-19(24)9-4-14-10-17(26-2)12-18(11-14)27-3/h4-13H,1-3H3,(H,22,24)(H3,21,23,25)/b9-4-/t13-/m0/s1. The predicted molar refractivity (Wildman–Crippen MR) is 105 cm³/mol. The van der Waals surface area contributed by atoms with E-state index in [9.17, 15) is 9.59 Å². The van der Waals surface area contributed by atoms with E-state index in [2.05, 4.69) is 10.6 Å². The van der Waals surface area contributed by atoms with E-state index >= 15 is 0 Å². The van der Waals surface area contributed by atoms with E-state index in [1.165, 1.54) is 6.08 Å². The number of nitrogens with one attached hydrogen (secondary N) is 2. The Bertz CT molecular complexity index is 809. The molecule has 0 unspecified atom stereocenters. The van der Waals surface area contributed by atoms with Crippen molar-refractivity contribution in [2.75, 3.05) is 19.5 Å². The molecule has 0 saturated carbocycles. The summed E-state index contributed by atoms with van der Waals surface area (Å²) in [6.45, 7) is 1.87. The minimum atomic E-state index is -0.622. The van der Waals surface area contributed by atoms with E-state index in [1.54, 1.807) is 50.6 Å². The Kier molecular flexibility index (Phi) is 6.82. The summed E-state index contributed by atoms with van der Waals surface area (Å²) in [5.41, 5.74) is 7.36. The Morgan fingerprint density at radius 2 is 1.63 bits per heavy atom. The molecule has 0 heterocycles. The van der Waals surface area contributed by atoms with Crippen molar-refractivity contribution >= 4 is 23.7 Å². The van der Waals surface area contributed by atoms with E-state index in [4.69, 9.17) is 15.2 Å². The van der Waals surface area contributed by atoms with Crippen molar-refractivity contribution in [1.82, 2.24) is 5.32 Å². The topological polar surface area (TPSA) is 103 Å². The third kappa shape index (κ3) is 6.07. The third-order valence-electron chi connectivity index (χ3n) is 3.84. The SMILES string of the molecule is COc1cc(/C=C\C(=O)N[C@@H](C)c2ccc(NC(N)=O)cc2)cc(OC)c1. The van der Waals surface area contributed by atoms with Crippen molar-refractivity contribution in [2.24, 2.45) is 5.73 Å². The zero-order chi connectivity index (χ0) is 19.8. The van der Waals surface area contributed by atoms with Gasteiger partial charge in [0.15, 0.2) is 0 Å². The highest BCUT2D eigenvalue weighted by molar-refractivity contribution is 5.92. The highest BCUT2D eigenvalue weighted by atomic mass is 16.5. The fourth-order valence-electron chi connectivity index (χ4n) is 2.44. The number of carbonyl (C=O) groups is 2. The molecule has 27 heavy (non-hydrogen) atoms. The first-order valence-corrected chi connectivity index (χ1v) is 8.29. The molecule has 142 valence electrons. The average Bonchev–Trinajstić information content (AvgIpc) is 2.66. The lowest BCUT2D eigenvalue weighted by Crippen LogP contribution is -2.24. The highest BCUT2D eigenvalue weighted by Gasteiger charge is 2.08. The molecule has 0 spiro atoms. The predicted octanol–water partition coefficient (Wildman–Crippen LogP) is 3.09. The van der Waals surface area contributed by atoms with E-state index in [-0.39, 0.29) is 11.9 Å². The summed E-state index contributed by atoms with van der Waals surface area (Å²) >= 11 is 0. The number of nitrogens with two attached hydrogens (primary N) is 1. The van der Waals surface area contributed by atoms with Crippen molar-refractivity contribution in [1.29, 1.82) is 0 Å².